The molecule has 0 radical (unpaired) electrons. The molecule has 1 aliphatic heterocycles. The van der Waals surface area contributed by atoms with E-state index in [1.807, 2.05) is 18.2 Å². The third kappa shape index (κ3) is 2.54. The van der Waals surface area contributed by atoms with Crippen LogP contribution in [0.25, 0.3) is 0 Å². The van der Waals surface area contributed by atoms with Crippen molar-refractivity contribution in [3.63, 3.8) is 0 Å². The van der Waals surface area contributed by atoms with E-state index in [1.165, 1.54) is 29.8 Å². The molecule has 21 heavy (non-hydrogen) atoms. The molecule has 2 N–H and O–H groups in total. The molecule has 4 heteroatoms. The highest BCUT2D eigenvalue weighted by Gasteiger charge is 2.30. The Kier molecular flexibility index (Phi) is 3.71. The number of halogens is 1. The average Bonchev–Trinajstić information content (AvgIpc) is 2.53. The Hall–Kier alpha value is -2.20. The van der Waals surface area contributed by atoms with Crippen LogP contribution in [0.3, 0.4) is 0 Å². The van der Waals surface area contributed by atoms with Crippen LogP contribution >= 0.6 is 0 Å². The van der Waals surface area contributed by atoms with Gasteiger partial charge in [0.25, 0.3) is 5.91 Å². The zero-order chi connectivity index (χ0) is 14.8. The van der Waals surface area contributed by atoms with Gasteiger partial charge in [0.1, 0.15) is 5.82 Å². The maximum absolute atomic E-state index is 13.0. The predicted molar refractivity (Wildman–Crippen MR) is 79.4 cm³/mol. The van der Waals surface area contributed by atoms with Gasteiger partial charge in [-0.05, 0) is 41.8 Å². The van der Waals surface area contributed by atoms with Gasteiger partial charge in [0.05, 0.1) is 6.04 Å². The van der Waals surface area contributed by atoms with Crippen molar-refractivity contribution >= 4 is 5.91 Å². The Bertz CT molecular complexity index is 654. The number of hydrogen-bond acceptors (Lipinski definition) is 2. The Morgan fingerprint density at radius 3 is 2.62 bits per heavy atom. The highest BCUT2D eigenvalue weighted by molar-refractivity contribution is 5.94. The molecule has 3 rings (SSSR count). The van der Waals surface area contributed by atoms with Gasteiger partial charge in [-0.2, -0.15) is 0 Å². The quantitative estimate of drug-likeness (QED) is 0.921. The Morgan fingerprint density at radius 2 is 1.90 bits per heavy atom. The van der Waals surface area contributed by atoms with Crippen LogP contribution in [0.1, 0.15) is 27.5 Å². The number of rotatable bonds is 2. The highest BCUT2D eigenvalue weighted by Crippen LogP contribution is 2.30. The van der Waals surface area contributed by atoms with E-state index in [1.54, 1.807) is 4.90 Å². The van der Waals surface area contributed by atoms with Gasteiger partial charge in [-0.15, -0.1) is 0 Å². The minimum absolute atomic E-state index is 0.0973. The van der Waals surface area contributed by atoms with E-state index in [-0.39, 0.29) is 17.8 Å². The number of fused-ring (bicyclic) bond motifs is 1. The van der Waals surface area contributed by atoms with Gasteiger partial charge in [-0.1, -0.05) is 24.3 Å². The number of carbonyl (C=O) groups excluding carboxylic acids is 1. The fourth-order valence-corrected chi connectivity index (χ4v) is 2.91. The lowest BCUT2D eigenvalue weighted by Gasteiger charge is -2.36. The van der Waals surface area contributed by atoms with Crippen molar-refractivity contribution in [2.24, 2.45) is 5.73 Å². The molecule has 0 aromatic heterocycles. The standard InChI is InChI=1S/C17H17FN2O/c18-14-7-5-13(6-8-14)17(21)20-10-9-12-3-1-2-4-15(12)16(20)11-19/h1-8,16H,9-11,19H2. The van der Waals surface area contributed by atoms with E-state index < -0.39 is 0 Å². The highest BCUT2D eigenvalue weighted by atomic mass is 19.1. The molecular weight excluding hydrogens is 267 g/mol. The summed E-state index contributed by atoms with van der Waals surface area (Å²) in [5.74, 6) is -0.439. The first-order valence-electron chi connectivity index (χ1n) is 7.05. The van der Waals surface area contributed by atoms with E-state index in [0.29, 0.717) is 18.7 Å². The average molecular weight is 284 g/mol. The lowest BCUT2D eigenvalue weighted by molar-refractivity contribution is 0.0668. The van der Waals surface area contributed by atoms with Gasteiger partial charge in [-0.25, -0.2) is 4.39 Å². The molecule has 3 nitrogen and oxygen atoms in total. The molecule has 1 atom stereocenters. The summed E-state index contributed by atoms with van der Waals surface area (Å²) in [7, 11) is 0. The number of nitrogens with zero attached hydrogens (tertiary/aromatic N) is 1. The molecule has 1 aliphatic rings. The summed E-state index contributed by atoms with van der Waals surface area (Å²) in [6.45, 7) is 1.01. The minimum atomic E-state index is -0.342. The van der Waals surface area contributed by atoms with Crippen LogP contribution in [0.5, 0.6) is 0 Å². The molecule has 1 unspecified atom stereocenters. The monoisotopic (exact) mass is 284 g/mol. The summed E-state index contributed by atoms with van der Waals surface area (Å²) in [5.41, 5.74) is 8.75. The van der Waals surface area contributed by atoms with Crippen LogP contribution in [0.2, 0.25) is 0 Å². The molecular formula is C17H17FN2O. The Morgan fingerprint density at radius 1 is 1.19 bits per heavy atom. The second-order valence-corrected chi connectivity index (χ2v) is 5.21. The number of nitrogens with two attached hydrogens (primary N) is 1. The van der Waals surface area contributed by atoms with Crippen molar-refractivity contribution in [3.8, 4) is 0 Å². The van der Waals surface area contributed by atoms with Gasteiger partial charge in [0, 0.05) is 18.7 Å². The Labute approximate surface area is 123 Å². The van der Waals surface area contributed by atoms with E-state index in [2.05, 4.69) is 6.07 Å². The van der Waals surface area contributed by atoms with Crippen molar-refractivity contribution < 1.29 is 9.18 Å². The first-order valence-corrected chi connectivity index (χ1v) is 7.05. The molecule has 0 bridgehead atoms. The van der Waals surface area contributed by atoms with Crippen LogP contribution in [-0.4, -0.2) is 23.9 Å². The zero-order valence-electron chi connectivity index (χ0n) is 11.6. The second-order valence-electron chi connectivity index (χ2n) is 5.21. The first-order chi connectivity index (χ1) is 10.2. The van der Waals surface area contributed by atoms with Gasteiger partial charge in [0.2, 0.25) is 0 Å². The van der Waals surface area contributed by atoms with Crippen molar-refractivity contribution in [1.82, 2.24) is 4.90 Å². The molecule has 108 valence electrons. The van der Waals surface area contributed by atoms with Crippen LogP contribution in [-0.2, 0) is 6.42 Å². The smallest absolute Gasteiger partial charge is 0.254 e. The van der Waals surface area contributed by atoms with E-state index in [4.69, 9.17) is 5.73 Å². The summed E-state index contributed by atoms with van der Waals surface area (Å²) in [6.07, 6.45) is 0.819. The normalized spacial score (nSPS) is 17.4. The van der Waals surface area contributed by atoms with E-state index >= 15 is 0 Å². The van der Waals surface area contributed by atoms with Crippen molar-refractivity contribution in [2.45, 2.75) is 12.5 Å². The summed E-state index contributed by atoms with van der Waals surface area (Å²) < 4.78 is 13.0. The van der Waals surface area contributed by atoms with Crippen LogP contribution in [0, 0.1) is 5.82 Å². The molecule has 0 saturated heterocycles. The largest absolute Gasteiger partial charge is 0.330 e. The SMILES string of the molecule is NCC1c2ccccc2CCN1C(=O)c1ccc(F)cc1. The summed E-state index contributed by atoms with van der Waals surface area (Å²) >= 11 is 0. The van der Waals surface area contributed by atoms with Gasteiger partial charge in [-0.3, -0.25) is 4.79 Å². The van der Waals surface area contributed by atoms with E-state index in [0.717, 1.165) is 12.0 Å². The van der Waals surface area contributed by atoms with Gasteiger partial charge >= 0.3 is 0 Å². The van der Waals surface area contributed by atoms with Crippen LogP contribution < -0.4 is 5.73 Å². The number of carbonyl (C=O) groups is 1. The fraction of sp³-hybridized carbons (Fsp3) is 0.235. The maximum Gasteiger partial charge on any atom is 0.254 e. The molecule has 2 aromatic rings. The molecule has 0 spiro atoms. The van der Waals surface area contributed by atoms with Crippen molar-refractivity contribution in [2.75, 3.05) is 13.1 Å². The van der Waals surface area contributed by atoms with Crippen LogP contribution in [0.4, 0.5) is 4.39 Å². The minimum Gasteiger partial charge on any atom is -0.330 e. The molecule has 2 aromatic carbocycles. The fourth-order valence-electron chi connectivity index (χ4n) is 2.91. The number of amides is 1. The lowest BCUT2D eigenvalue weighted by Crippen LogP contribution is -2.43. The van der Waals surface area contributed by atoms with E-state index in [9.17, 15) is 9.18 Å². The number of benzene rings is 2. The maximum atomic E-state index is 13.0. The second kappa shape index (κ2) is 5.66. The third-order valence-corrected chi connectivity index (χ3v) is 3.99. The molecule has 0 saturated carbocycles. The van der Waals surface area contributed by atoms with Gasteiger partial charge in [0.15, 0.2) is 0 Å². The molecule has 1 amide bonds. The summed E-state index contributed by atoms with van der Waals surface area (Å²) in [6, 6.07) is 13.6. The predicted octanol–water partition coefficient (Wildman–Crippen LogP) is 2.52. The molecule has 0 aliphatic carbocycles. The Balaban J connectivity index is 1.92. The molecule has 1 heterocycles. The first kappa shape index (κ1) is 13.8. The zero-order valence-corrected chi connectivity index (χ0v) is 11.6. The topological polar surface area (TPSA) is 46.3 Å². The lowest BCUT2D eigenvalue weighted by atomic mass is 9.92. The summed E-state index contributed by atoms with van der Waals surface area (Å²) in [4.78, 5) is 14.4. The third-order valence-electron chi connectivity index (χ3n) is 3.99. The molecule has 0 fully saturated rings. The van der Waals surface area contributed by atoms with Crippen molar-refractivity contribution in [3.05, 3.63) is 71.0 Å². The van der Waals surface area contributed by atoms with Gasteiger partial charge < -0.3 is 10.6 Å². The number of hydrogen-bond donors (Lipinski definition) is 1. The van der Waals surface area contributed by atoms with Crippen molar-refractivity contribution in [1.29, 1.82) is 0 Å². The van der Waals surface area contributed by atoms with Crippen LogP contribution in [0.15, 0.2) is 48.5 Å². The summed E-state index contributed by atoms with van der Waals surface area (Å²) in [5, 5.41) is 0.